The topological polar surface area (TPSA) is 37.6 Å². The Balaban J connectivity index is 1.92. The summed E-state index contributed by atoms with van der Waals surface area (Å²) in [6.45, 7) is 5.90. The van der Waals surface area contributed by atoms with Gasteiger partial charge in [0.05, 0.1) is 0 Å². The molecule has 2 amide bonds. The highest BCUT2D eigenvalue weighted by Gasteiger charge is 2.17. The largest absolute Gasteiger partial charge is 0.346 e. The summed E-state index contributed by atoms with van der Waals surface area (Å²) in [4.78, 5) is 20.4. The maximum atomic E-state index is 12.3. The first-order chi connectivity index (χ1) is 11.2. The van der Waals surface area contributed by atoms with Crippen molar-refractivity contribution in [2.45, 2.75) is 39.5 Å². The van der Waals surface area contributed by atoms with E-state index in [-0.39, 0.29) is 6.03 Å². The number of thiazole rings is 1. The number of carbonyl (C=O) groups excluding carboxylic acids is 1. The molecule has 0 radical (unpaired) electrons. The van der Waals surface area contributed by atoms with Gasteiger partial charge in [0.25, 0.3) is 0 Å². The van der Waals surface area contributed by atoms with Crippen molar-refractivity contribution in [3.05, 3.63) is 45.7 Å². The van der Waals surface area contributed by atoms with Crippen LogP contribution in [0.3, 0.4) is 0 Å². The van der Waals surface area contributed by atoms with Gasteiger partial charge in [-0.25, -0.2) is 4.79 Å². The van der Waals surface area contributed by atoms with Gasteiger partial charge in [0.1, 0.15) is 0 Å². The second-order valence-corrected chi connectivity index (χ2v) is 7.21. The summed E-state index contributed by atoms with van der Waals surface area (Å²) in [5.74, 6) is 0. The number of aryl methyl sites for hydroxylation is 2. The van der Waals surface area contributed by atoms with Crippen LogP contribution in [0.2, 0.25) is 0 Å². The van der Waals surface area contributed by atoms with Gasteiger partial charge >= 0.3 is 6.03 Å². The zero-order chi connectivity index (χ0) is 16.2. The molecule has 0 N–H and O–H groups in total. The van der Waals surface area contributed by atoms with Crippen LogP contribution in [0.25, 0.3) is 5.69 Å². The minimum Gasteiger partial charge on any atom is -0.323 e. The van der Waals surface area contributed by atoms with Gasteiger partial charge in [-0.15, -0.1) is 11.3 Å². The Bertz CT molecular complexity index is 736. The molecule has 1 aromatic heterocycles. The molecule has 0 spiro atoms. The summed E-state index contributed by atoms with van der Waals surface area (Å²) < 4.78 is 2.02. The predicted molar refractivity (Wildman–Crippen MR) is 94.1 cm³/mol. The molecule has 4 nitrogen and oxygen atoms in total. The monoisotopic (exact) mass is 329 g/mol. The molecule has 1 aliphatic rings. The van der Waals surface area contributed by atoms with Crippen molar-refractivity contribution < 1.29 is 4.79 Å². The van der Waals surface area contributed by atoms with Crippen LogP contribution in [0.5, 0.6) is 0 Å². The SMILES string of the molecule is CCCc1ccc(-n2cc(C)s/c2=N\C(=O)N2CCCC2)cc1. The number of aromatic nitrogens is 1. The van der Waals surface area contributed by atoms with E-state index in [0.29, 0.717) is 0 Å². The Morgan fingerprint density at radius 1 is 1.22 bits per heavy atom. The lowest BCUT2D eigenvalue weighted by Crippen LogP contribution is -2.27. The summed E-state index contributed by atoms with van der Waals surface area (Å²) >= 11 is 1.56. The molecule has 1 aliphatic heterocycles. The summed E-state index contributed by atoms with van der Waals surface area (Å²) in [6.07, 6.45) is 6.47. The van der Waals surface area contributed by atoms with Gasteiger partial charge in [-0.2, -0.15) is 4.99 Å². The van der Waals surface area contributed by atoms with Gasteiger partial charge in [-0.3, -0.25) is 4.57 Å². The Kier molecular flexibility index (Phi) is 4.96. The van der Waals surface area contributed by atoms with E-state index in [1.807, 2.05) is 16.4 Å². The number of nitrogens with zero attached hydrogens (tertiary/aromatic N) is 3. The van der Waals surface area contributed by atoms with Crippen LogP contribution in [0.1, 0.15) is 36.6 Å². The lowest BCUT2D eigenvalue weighted by Gasteiger charge is -2.10. The fraction of sp³-hybridized carbons (Fsp3) is 0.444. The van der Waals surface area contributed by atoms with Crippen LogP contribution >= 0.6 is 11.3 Å². The van der Waals surface area contributed by atoms with Crippen molar-refractivity contribution in [2.24, 2.45) is 4.99 Å². The first-order valence-corrected chi connectivity index (χ1v) is 9.11. The first kappa shape index (κ1) is 16.0. The Morgan fingerprint density at radius 2 is 1.91 bits per heavy atom. The molecule has 2 heterocycles. The van der Waals surface area contributed by atoms with Gasteiger partial charge in [-0.1, -0.05) is 25.5 Å². The van der Waals surface area contributed by atoms with Crippen LogP contribution in [0, 0.1) is 6.92 Å². The van der Waals surface area contributed by atoms with Gasteiger partial charge in [0.15, 0.2) is 4.80 Å². The Morgan fingerprint density at radius 3 is 2.57 bits per heavy atom. The lowest BCUT2D eigenvalue weighted by molar-refractivity contribution is 0.218. The van der Waals surface area contributed by atoms with Gasteiger partial charge < -0.3 is 4.90 Å². The molecule has 0 saturated carbocycles. The van der Waals surface area contributed by atoms with E-state index in [9.17, 15) is 4.79 Å². The van der Waals surface area contributed by atoms with E-state index in [0.717, 1.165) is 54.1 Å². The minimum atomic E-state index is -0.110. The maximum absolute atomic E-state index is 12.3. The highest BCUT2D eigenvalue weighted by molar-refractivity contribution is 7.09. The summed E-state index contributed by atoms with van der Waals surface area (Å²) in [6, 6.07) is 8.42. The zero-order valence-corrected chi connectivity index (χ0v) is 14.6. The average Bonchev–Trinajstić information content (AvgIpc) is 3.18. The van der Waals surface area contributed by atoms with E-state index in [2.05, 4.69) is 42.4 Å². The molecule has 0 unspecified atom stereocenters. The standard InChI is InChI=1S/C18H23N3OS/c1-3-6-15-7-9-16(10-8-15)21-13-14(2)23-18(21)19-17(22)20-11-4-5-12-20/h7-10,13H,3-6,11-12H2,1-2H3/b19-18-. The van der Waals surface area contributed by atoms with Crippen molar-refractivity contribution in [2.75, 3.05) is 13.1 Å². The van der Waals surface area contributed by atoms with Crippen LogP contribution in [-0.4, -0.2) is 28.6 Å². The Hall–Kier alpha value is -1.88. The molecule has 5 heteroatoms. The number of rotatable bonds is 3. The first-order valence-electron chi connectivity index (χ1n) is 8.29. The number of benzene rings is 1. The van der Waals surface area contributed by atoms with E-state index >= 15 is 0 Å². The molecule has 3 rings (SSSR count). The fourth-order valence-electron chi connectivity index (χ4n) is 2.89. The van der Waals surface area contributed by atoms with Crippen LogP contribution in [0.4, 0.5) is 4.79 Å². The number of hydrogen-bond acceptors (Lipinski definition) is 2. The molecule has 2 aromatic rings. The van der Waals surface area contributed by atoms with E-state index < -0.39 is 0 Å². The van der Waals surface area contributed by atoms with Crippen LogP contribution in [0.15, 0.2) is 35.5 Å². The summed E-state index contributed by atoms with van der Waals surface area (Å²) in [7, 11) is 0. The number of hydrogen-bond donors (Lipinski definition) is 0. The summed E-state index contributed by atoms with van der Waals surface area (Å²) in [5, 5.41) is 0. The quantitative estimate of drug-likeness (QED) is 0.841. The molecule has 1 saturated heterocycles. The Labute approximate surface area is 141 Å². The average molecular weight is 329 g/mol. The minimum absolute atomic E-state index is 0.110. The van der Waals surface area contributed by atoms with Crippen molar-refractivity contribution in [1.29, 1.82) is 0 Å². The van der Waals surface area contributed by atoms with E-state index in [1.54, 1.807) is 11.3 Å². The number of amides is 2. The second-order valence-electron chi connectivity index (χ2n) is 6.00. The van der Waals surface area contributed by atoms with Crippen molar-refractivity contribution in [3.63, 3.8) is 0 Å². The molecular weight excluding hydrogens is 306 g/mol. The van der Waals surface area contributed by atoms with Crippen molar-refractivity contribution in [3.8, 4) is 5.69 Å². The van der Waals surface area contributed by atoms with Gasteiger partial charge in [-0.05, 0) is 43.9 Å². The number of urea groups is 1. The van der Waals surface area contributed by atoms with E-state index in [4.69, 9.17) is 0 Å². The summed E-state index contributed by atoms with van der Waals surface area (Å²) in [5.41, 5.74) is 2.40. The molecule has 0 atom stereocenters. The second kappa shape index (κ2) is 7.13. The van der Waals surface area contributed by atoms with E-state index in [1.165, 1.54) is 5.56 Å². The fourth-order valence-corrected chi connectivity index (χ4v) is 3.72. The molecule has 1 fully saturated rings. The maximum Gasteiger partial charge on any atom is 0.346 e. The highest BCUT2D eigenvalue weighted by atomic mass is 32.1. The smallest absolute Gasteiger partial charge is 0.323 e. The molecule has 0 bridgehead atoms. The third-order valence-corrected chi connectivity index (χ3v) is 4.99. The molecule has 23 heavy (non-hydrogen) atoms. The zero-order valence-electron chi connectivity index (χ0n) is 13.8. The molecule has 0 aliphatic carbocycles. The lowest BCUT2D eigenvalue weighted by atomic mass is 10.1. The highest BCUT2D eigenvalue weighted by Crippen LogP contribution is 2.13. The van der Waals surface area contributed by atoms with Crippen LogP contribution < -0.4 is 4.80 Å². The van der Waals surface area contributed by atoms with Crippen molar-refractivity contribution in [1.82, 2.24) is 9.47 Å². The third-order valence-electron chi connectivity index (χ3n) is 4.09. The third kappa shape index (κ3) is 3.72. The molecule has 122 valence electrons. The molecule has 1 aromatic carbocycles. The predicted octanol–water partition coefficient (Wildman–Crippen LogP) is 3.92. The normalized spacial score (nSPS) is 15.4. The number of likely N-dealkylation sites (tertiary alicyclic amines) is 1. The van der Waals surface area contributed by atoms with Gasteiger partial charge in [0, 0.05) is 29.9 Å². The van der Waals surface area contributed by atoms with Gasteiger partial charge in [0.2, 0.25) is 0 Å². The van der Waals surface area contributed by atoms with Crippen molar-refractivity contribution >= 4 is 17.4 Å². The number of carbonyl (C=O) groups is 1. The molecular formula is C18H23N3OS. The van der Waals surface area contributed by atoms with Crippen LogP contribution in [-0.2, 0) is 6.42 Å².